The van der Waals surface area contributed by atoms with Crippen molar-refractivity contribution < 1.29 is 14.3 Å². The van der Waals surface area contributed by atoms with Gasteiger partial charge in [0.2, 0.25) is 5.91 Å². The van der Waals surface area contributed by atoms with Gasteiger partial charge in [0.15, 0.2) is 6.61 Å². The zero-order chi connectivity index (χ0) is 23.7. The number of amides is 2. The third-order valence-corrected chi connectivity index (χ3v) is 5.35. The summed E-state index contributed by atoms with van der Waals surface area (Å²) in [7, 11) is 0. The minimum absolute atomic E-state index is 0.0116. The second-order valence-electron chi connectivity index (χ2n) is 9.44. The molecule has 5 nitrogen and oxygen atoms in total. The van der Waals surface area contributed by atoms with E-state index in [2.05, 4.69) is 26.1 Å². The third kappa shape index (κ3) is 7.40. The summed E-state index contributed by atoms with van der Waals surface area (Å²) in [5.41, 5.74) is 2.08. The Bertz CT molecular complexity index is 872. The van der Waals surface area contributed by atoms with Crippen molar-refractivity contribution in [3.63, 3.8) is 0 Å². The lowest BCUT2D eigenvalue weighted by atomic mass is 9.86. The summed E-state index contributed by atoms with van der Waals surface area (Å²) in [6.45, 7) is 12.5. The van der Waals surface area contributed by atoms with E-state index >= 15 is 0 Å². The maximum absolute atomic E-state index is 13.3. The van der Waals surface area contributed by atoms with Gasteiger partial charge in [-0.25, -0.2) is 0 Å². The summed E-state index contributed by atoms with van der Waals surface area (Å²) in [6, 6.07) is 17.3. The molecule has 0 bridgehead atoms. The second-order valence-corrected chi connectivity index (χ2v) is 9.44. The number of benzene rings is 2. The molecule has 0 spiro atoms. The average molecular weight is 439 g/mol. The number of hydrogen-bond acceptors (Lipinski definition) is 3. The first-order chi connectivity index (χ1) is 15.1. The Hall–Kier alpha value is -2.82. The zero-order valence-corrected chi connectivity index (χ0v) is 20.4. The van der Waals surface area contributed by atoms with E-state index in [1.165, 1.54) is 0 Å². The van der Waals surface area contributed by atoms with Gasteiger partial charge in [0.25, 0.3) is 5.91 Å². The summed E-state index contributed by atoms with van der Waals surface area (Å²) < 4.78 is 5.99. The Morgan fingerprint density at radius 2 is 1.62 bits per heavy atom. The average Bonchev–Trinajstić information content (AvgIpc) is 2.74. The molecule has 32 heavy (non-hydrogen) atoms. The van der Waals surface area contributed by atoms with Crippen molar-refractivity contribution in [3.05, 3.63) is 65.7 Å². The Labute approximate surface area is 193 Å². The van der Waals surface area contributed by atoms with Gasteiger partial charge in [-0.2, -0.15) is 0 Å². The number of ether oxygens (including phenoxy) is 1. The Morgan fingerprint density at radius 1 is 1.00 bits per heavy atom. The van der Waals surface area contributed by atoms with Crippen LogP contribution >= 0.6 is 0 Å². The molecule has 0 saturated heterocycles. The van der Waals surface area contributed by atoms with Crippen molar-refractivity contribution in [3.8, 4) is 5.75 Å². The van der Waals surface area contributed by atoms with Crippen LogP contribution in [0.4, 0.5) is 0 Å². The molecule has 2 rings (SSSR count). The minimum atomic E-state index is -0.532. The lowest BCUT2D eigenvalue weighted by molar-refractivity contribution is -0.142. The molecule has 0 aliphatic heterocycles. The lowest BCUT2D eigenvalue weighted by Gasteiger charge is -2.31. The van der Waals surface area contributed by atoms with E-state index in [0.717, 1.165) is 11.1 Å². The summed E-state index contributed by atoms with van der Waals surface area (Å²) >= 11 is 0. The fourth-order valence-corrected chi connectivity index (χ4v) is 3.71. The Morgan fingerprint density at radius 3 is 2.22 bits per heavy atom. The number of carbonyl (C=O) groups excluding carboxylic acids is 2. The van der Waals surface area contributed by atoms with Gasteiger partial charge in [-0.05, 0) is 49.3 Å². The van der Waals surface area contributed by atoms with Crippen molar-refractivity contribution in [2.45, 2.75) is 71.9 Å². The van der Waals surface area contributed by atoms with Crippen LogP contribution in [-0.2, 0) is 21.4 Å². The zero-order valence-electron chi connectivity index (χ0n) is 20.4. The van der Waals surface area contributed by atoms with Gasteiger partial charge >= 0.3 is 0 Å². The molecule has 0 radical (unpaired) electrons. The van der Waals surface area contributed by atoms with Gasteiger partial charge in [0.05, 0.1) is 0 Å². The van der Waals surface area contributed by atoms with Crippen molar-refractivity contribution >= 4 is 11.8 Å². The van der Waals surface area contributed by atoms with Crippen molar-refractivity contribution in [2.24, 2.45) is 0 Å². The summed E-state index contributed by atoms with van der Waals surface area (Å²) in [5.74, 6) is 0.394. The standard InChI is InChI=1S/C27H38N2O3/c1-7-23(26(31)28-20(2)3)29(18-17-21-13-9-8-10-14-21)25(30)19-32-24-16-12-11-15-22(24)27(4,5)6/h8-16,20,23H,7,17-19H2,1-6H3,(H,28,31)/t23-/m1/s1. The monoisotopic (exact) mass is 438 g/mol. The molecule has 0 aliphatic carbocycles. The SMILES string of the molecule is CC[C@H](C(=O)NC(C)C)N(CCc1ccccc1)C(=O)COc1ccccc1C(C)(C)C. The van der Waals surface area contributed by atoms with Gasteiger partial charge < -0.3 is 15.0 Å². The van der Waals surface area contributed by atoms with Crippen LogP contribution in [0, 0.1) is 0 Å². The van der Waals surface area contributed by atoms with E-state index in [0.29, 0.717) is 25.1 Å². The van der Waals surface area contributed by atoms with E-state index in [1.54, 1.807) is 4.90 Å². The van der Waals surface area contributed by atoms with Crippen molar-refractivity contribution in [2.75, 3.05) is 13.2 Å². The lowest BCUT2D eigenvalue weighted by Crippen LogP contribution is -2.52. The molecule has 0 aliphatic rings. The highest BCUT2D eigenvalue weighted by Crippen LogP contribution is 2.31. The molecule has 0 aromatic heterocycles. The van der Waals surface area contributed by atoms with Gasteiger partial charge in [0, 0.05) is 12.6 Å². The molecule has 5 heteroatoms. The number of para-hydroxylation sites is 1. The first-order valence-electron chi connectivity index (χ1n) is 11.5. The first-order valence-corrected chi connectivity index (χ1v) is 11.5. The molecule has 2 aromatic carbocycles. The van der Waals surface area contributed by atoms with Gasteiger partial charge in [-0.3, -0.25) is 9.59 Å². The van der Waals surface area contributed by atoms with Crippen molar-refractivity contribution in [1.82, 2.24) is 10.2 Å². The van der Waals surface area contributed by atoms with E-state index in [-0.39, 0.29) is 29.9 Å². The molecular formula is C27H38N2O3. The maximum Gasteiger partial charge on any atom is 0.261 e. The minimum Gasteiger partial charge on any atom is -0.483 e. The highest BCUT2D eigenvalue weighted by Gasteiger charge is 2.29. The predicted molar refractivity (Wildman–Crippen MR) is 130 cm³/mol. The second kappa shape index (κ2) is 11.7. The molecule has 0 unspecified atom stereocenters. The molecule has 2 amide bonds. The van der Waals surface area contributed by atoms with Crippen LogP contribution in [0.15, 0.2) is 54.6 Å². The van der Waals surface area contributed by atoms with Gasteiger partial charge in [-0.15, -0.1) is 0 Å². The molecule has 174 valence electrons. The highest BCUT2D eigenvalue weighted by molar-refractivity contribution is 5.88. The number of nitrogens with zero attached hydrogens (tertiary/aromatic N) is 1. The smallest absolute Gasteiger partial charge is 0.261 e. The molecule has 0 saturated carbocycles. The van der Waals surface area contributed by atoms with E-state index in [9.17, 15) is 9.59 Å². The molecular weight excluding hydrogens is 400 g/mol. The summed E-state index contributed by atoms with van der Waals surface area (Å²) in [5, 5.41) is 2.96. The largest absolute Gasteiger partial charge is 0.483 e. The van der Waals surface area contributed by atoms with E-state index < -0.39 is 6.04 Å². The third-order valence-electron chi connectivity index (χ3n) is 5.35. The van der Waals surface area contributed by atoms with Crippen LogP contribution in [0.5, 0.6) is 5.75 Å². The number of hydrogen-bond donors (Lipinski definition) is 1. The fourth-order valence-electron chi connectivity index (χ4n) is 3.71. The fraction of sp³-hybridized carbons (Fsp3) is 0.481. The van der Waals surface area contributed by atoms with Crippen LogP contribution in [0.25, 0.3) is 0 Å². The number of nitrogens with one attached hydrogen (secondary N) is 1. The van der Waals surface area contributed by atoms with Gasteiger partial charge in [0.1, 0.15) is 11.8 Å². The Kier molecular flexibility index (Phi) is 9.30. The summed E-state index contributed by atoms with van der Waals surface area (Å²) in [6.07, 6.45) is 1.22. The topological polar surface area (TPSA) is 58.6 Å². The molecule has 0 fully saturated rings. The molecule has 1 atom stereocenters. The molecule has 1 N–H and O–H groups in total. The maximum atomic E-state index is 13.3. The van der Waals surface area contributed by atoms with Crippen LogP contribution in [0.3, 0.4) is 0 Å². The van der Waals surface area contributed by atoms with Crippen molar-refractivity contribution in [1.29, 1.82) is 0 Å². The van der Waals surface area contributed by atoms with Crippen LogP contribution in [0.2, 0.25) is 0 Å². The van der Waals surface area contributed by atoms with Crippen LogP contribution < -0.4 is 10.1 Å². The van der Waals surface area contributed by atoms with Gasteiger partial charge in [-0.1, -0.05) is 76.2 Å². The van der Waals surface area contributed by atoms with Crippen LogP contribution in [-0.4, -0.2) is 41.9 Å². The number of rotatable bonds is 10. The predicted octanol–water partition coefficient (Wildman–Crippen LogP) is 4.74. The normalized spacial score (nSPS) is 12.3. The van der Waals surface area contributed by atoms with E-state index in [4.69, 9.17) is 4.74 Å². The first kappa shape index (κ1) is 25.4. The van der Waals surface area contributed by atoms with Crippen LogP contribution in [0.1, 0.15) is 59.1 Å². The quantitative estimate of drug-likeness (QED) is 0.583. The van der Waals surface area contributed by atoms with E-state index in [1.807, 2.05) is 75.4 Å². The molecule has 0 heterocycles. The Balaban J connectivity index is 2.20. The summed E-state index contributed by atoms with van der Waals surface area (Å²) in [4.78, 5) is 27.8. The highest BCUT2D eigenvalue weighted by atomic mass is 16.5. The number of carbonyl (C=O) groups is 2. The molecule has 2 aromatic rings.